The fourth-order valence-electron chi connectivity index (χ4n) is 2.25. The Kier molecular flexibility index (Phi) is 3.59. The van der Waals surface area contributed by atoms with Crippen LogP contribution in [0.3, 0.4) is 0 Å². The molecule has 3 nitrogen and oxygen atoms in total. The zero-order valence-electron chi connectivity index (χ0n) is 11.3. The molecule has 1 aromatic carbocycles. The van der Waals surface area contributed by atoms with Crippen molar-refractivity contribution in [2.24, 2.45) is 0 Å². The number of hydrogen-bond donors (Lipinski definition) is 0. The molecular weight excluding hydrogens is 296 g/mol. The van der Waals surface area contributed by atoms with Gasteiger partial charge in [-0.2, -0.15) is 0 Å². The summed E-state index contributed by atoms with van der Waals surface area (Å²) in [5.41, 5.74) is 3.05. The van der Waals surface area contributed by atoms with Crippen molar-refractivity contribution in [3.8, 4) is 0 Å². The number of halogens is 3. The van der Waals surface area contributed by atoms with Gasteiger partial charge in [0, 0.05) is 6.20 Å². The third-order valence-electron chi connectivity index (χ3n) is 3.24. The molecule has 6 heteroatoms. The van der Waals surface area contributed by atoms with Crippen LogP contribution in [0.4, 0.5) is 8.78 Å². The monoisotopic (exact) mass is 307 g/mol. The number of pyridine rings is 1. The number of imidazole rings is 1. The third-order valence-corrected chi connectivity index (χ3v) is 3.48. The van der Waals surface area contributed by atoms with E-state index in [1.165, 1.54) is 12.1 Å². The number of aromatic nitrogens is 3. The van der Waals surface area contributed by atoms with Crippen LogP contribution in [-0.2, 0) is 12.4 Å². The smallest absolute Gasteiger partial charge is 0.160 e. The maximum absolute atomic E-state index is 13.3. The Bertz CT molecular complexity index is 814. The first kappa shape index (κ1) is 13.9. The zero-order valence-corrected chi connectivity index (χ0v) is 12.0. The summed E-state index contributed by atoms with van der Waals surface area (Å²) in [7, 11) is 0. The lowest BCUT2D eigenvalue weighted by atomic mass is 10.2. The number of hydrogen-bond acceptors (Lipinski definition) is 2. The first-order valence-corrected chi connectivity index (χ1v) is 6.93. The standard InChI is InChI=1S/C15H12ClF2N3/c1-9-4-13-15(19-7-9)21(14(6-16)20-13)8-10-2-3-11(17)12(18)5-10/h2-5,7H,6,8H2,1H3. The van der Waals surface area contributed by atoms with Gasteiger partial charge in [-0.05, 0) is 36.2 Å². The Labute approximate surface area is 125 Å². The number of benzene rings is 1. The van der Waals surface area contributed by atoms with E-state index in [1.807, 2.05) is 17.6 Å². The maximum Gasteiger partial charge on any atom is 0.160 e. The molecule has 3 aromatic rings. The molecule has 0 aliphatic heterocycles. The van der Waals surface area contributed by atoms with Crippen molar-refractivity contribution < 1.29 is 8.78 Å². The second-order valence-corrected chi connectivity index (χ2v) is 5.12. The van der Waals surface area contributed by atoms with E-state index >= 15 is 0 Å². The van der Waals surface area contributed by atoms with E-state index in [9.17, 15) is 8.78 Å². The van der Waals surface area contributed by atoms with Gasteiger partial charge in [-0.1, -0.05) is 6.07 Å². The SMILES string of the molecule is Cc1cnc2c(c1)nc(CCl)n2Cc1ccc(F)c(F)c1. The van der Waals surface area contributed by atoms with Gasteiger partial charge in [0.2, 0.25) is 0 Å². The van der Waals surface area contributed by atoms with Crippen molar-refractivity contribution in [3.63, 3.8) is 0 Å². The van der Waals surface area contributed by atoms with Gasteiger partial charge < -0.3 is 4.57 Å². The summed E-state index contributed by atoms with van der Waals surface area (Å²) in [6.07, 6.45) is 1.74. The van der Waals surface area contributed by atoms with Crippen molar-refractivity contribution >= 4 is 22.8 Å². The Balaban J connectivity index is 2.08. The minimum Gasteiger partial charge on any atom is -0.307 e. The highest BCUT2D eigenvalue weighted by atomic mass is 35.5. The summed E-state index contributed by atoms with van der Waals surface area (Å²) in [5, 5.41) is 0. The summed E-state index contributed by atoms with van der Waals surface area (Å²) >= 11 is 5.92. The lowest BCUT2D eigenvalue weighted by molar-refractivity contribution is 0.506. The van der Waals surface area contributed by atoms with Gasteiger partial charge in [-0.15, -0.1) is 11.6 Å². The second-order valence-electron chi connectivity index (χ2n) is 4.85. The minimum atomic E-state index is -0.867. The largest absolute Gasteiger partial charge is 0.307 e. The van der Waals surface area contributed by atoms with Crippen molar-refractivity contribution in [2.75, 3.05) is 0 Å². The van der Waals surface area contributed by atoms with Crippen LogP contribution in [0.1, 0.15) is 17.0 Å². The molecule has 0 N–H and O–H groups in total. The van der Waals surface area contributed by atoms with Gasteiger partial charge in [0.25, 0.3) is 0 Å². The molecule has 0 saturated carbocycles. The van der Waals surface area contributed by atoms with E-state index in [-0.39, 0.29) is 5.88 Å². The van der Waals surface area contributed by atoms with Crippen LogP contribution >= 0.6 is 11.6 Å². The van der Waals surface area contributed by atoms with E-state index in [4.69, 9.17) is 11.6 Å². The van der Waals surface area contributed by atoms with Crippen LogP contribution < -0.4 is 0 Å². The van der Waals surface area contributed by atoms with Crippen LogP contribution in [0.25, 0.3) is 11.2 Å². The quantitative estimate of drug-likeness (QED) is 0.689. The number of alkyl halides is 1. The first-order chi connectivity index (χ1) is 10.1. The molecule has 108 valence electrons. The van der Waals surface area contributed by atoms with Crippen LogP contribution in [-0.4, -0.2) is 14.5 Å². The molecule has 3 rings (SSSR count). The van der Waals surface area contributed by atoms with E-state index in [0.29, 0.717) is 23.6 Å². The molecule has 0 spiro atoms. The number of fused-ring (bicyclic) bond motifs is 1. The summed E-state index contributed by atoms with van der Waals surface area (Å²) in [4.78, 5) is 8.79. The van der Waals surface area contributed by atoms with Gasteiger partial charge in [0.15, 0.2) is 17.3 Å². The van der Waals surface area contributed by atoms with Gasteiger partial charge in [-0.25, -0.2) is 18.7 Å². The summed E-state index contributed by atoms with van der Waals surface area (Å²) in [5.74, 6) is -0.859. The Morgan fingerprint density at radius 2 is 2.00 bits per heavy atom. The highest BCUT2D eigenvalue weighted by Gasteiger charge is 2.12. The summed E-state index contributed by atoms with van der Waals surface area (Å²) in [6.45, 7) is 2.27. The highest BCUT2D eigenvalue weighted by molar-refractivity contribution is 6.16. The minimum absolute atomic E-state index is 0.221. The molecule has 0 fully saturated rings. The molecule has 0 saturated heterocycles. The fourth-order valence-corrected chi connectivity index (χ4v) is 2.45. The molecule has 21 heavy (non-hydrogen) atoms. The summed E-state index contributed by atoms with van der Waals surface area (Å²) < 4.78 is 28.1. The molecule has 0 amide bonds. The number of aryl methyl sites for hydroxylation is 1. The fraction of sp³-hybridized carbons (Fsp3) is 0.200. The van der Waals surface area contributed by atoms with Gasteiger partial charge >= 0.3 is 0 Å². The normalized spacial score (nSPS) is 11.2. The molecular formula is C15H12ClF2N3. The zero-order chi connectivity index (χ0) is 15.0. The van der Waals surface area contributed by atoms with Crippen LogP contribution in [0, 0.1) is 18.6 Å². The van der Waals surface area contributed by atoms with E-state index < -0.39 is 11.6 Å². The van der Waals surface area contributed by atoms with Gasteiger partial charge in [0.05, 0.1) is 12.4 Å². The molecule has 0 bridgehead atoms. The average molecular weight is 308 g/mol. The highest BCUT2D eigenvalue weighted by Crippen LogP contribution is 2.19. The molecule has 0 aliphatic carbocycles. The lowest BCUT2D eigenvalue weighted by Crippen LogP contribution is -2.05. The molecule has 0 radical (unpaired) electrons. The Hall–Kier alpha value is -2.01. The van der Waals surface area contributed by atoms with E-state index in [1.54, 1.807) is 6.20 Å². The van der Waals surface area contributed by atoms with Gasteiger partial charge in [-0.3, -0.25) is 0 Å². The Morgan fingerprint density at radius 3 is 2.71 bits per heavy atom. The molecule has 2 heterocycles. The van der Waals surface area contributed by atoms with Crippen LogP contribution in [0.5, 0.6) is 0 Å². The molecule has 2 aromatic heterocycles. The van der Waals surface area contributed by atoms with E-state index in [2.05, 4.69) is 9.97 Å². The molecule has 0 unspecified atom stereocenters. The lowest BCUT2D eigenvalue weighted by Gasteiger charge is -2.07. The Morgan fingerprint density at radius 1 is 1.19 bits per heavy atom. The van der Waals surface area contributed by atoms with E-state index in [0.717, 1.165) is 17.1 Å². The third kappa shape index (κ3) is 2.61. The molecule has 0 aliphatic rings. The van der Waals surface area contributed by atoms with Crippen molar-refractivity contribution in [1.82, 2.24) is 14.5 Å². The summed E-state index contributed by atoms with van der Waals surface area (Å²) in [6, 6.07) is 5.74. The second kappa shape index (κ2) is 5.41. The predicted octanol–water partition coefficient (Wildman–Crippen LogP) is 3.81. The van der Waals surface area contributed by atoms with Crippen LogP contribution in [0.15, 0.2) is 30.5 Å². The number of rotatable bonds is 3. The van der Waals surface area contributed by atoms with Crippen LogP contribution in [0.2, 0.25) is 0 Å². The van der Waals surface area contributed by atoms with Gasteiger partial charge in [0.1, 0.15) is 11.3 Å². The maximum atomic E-state index is 13.3. The predicted molar refractivity (Wildman–Crippen MR) is 77.3 cm³/mol. The molecule has 0 atom stereocenters. The van der Waals surface area contributed by atoms with Crippen molar-refractivity contribution in [2.45, 2.75) is 19.3 Å². The number of nitrogens with zero attached hydrogens (tertiary/aromatic N) is 3. The first-order valence-electron chi connectivity index (χ1n) is 6.40. The average Bonchev–Trinajstić information content (AvgIpc) is 2.80. The topological polar surface area (TPSA) is 30.7 Å². The van der Waals surface area contributed by atoms with Crippen molar-refractivity contribution in [3.05, 3.63) is 59.0 Å². The van der Waals surface area contributed by atoms with Crippen molar-refractivity contribution in [1.29, 1.82) is 0 Å².